The van der Waals surface area contributed by atoms with Gasteiger partial charge in [-0.05, 0) is 13.3 Å². The lowest BCUT2D eigenvalue weighted by Gasteiger charge is -2.11. The van der Waals surface area contributed by atoms with Gasteiger partial charge in [-0.15, -0.1) is 0 Å². The van der Waals surface area contributed by atoms with Crippen molar-refractivity contribution in [2.24, 2.45) is 0 Å². The van der Waals surface area contributed by atoms with Gasteiger partial charge in [0.25, 0.3) is 11.6 Å². The number of benzene rings is 1. The van der Waals surface area contributed by atoms with Gasteiger partial charge in [-0.3, -0.25) is 14.9 Å². The monoisotopic (exact) mass is 354 g/mol. The van der Waals surface area contributed by atoms with Crippen molar-refractivity contribution in [2.45, 2.75) is 26.7 Å². The fraction of sp³-hybridized carbons (Fsp3) is 0.500. The molecule has 9 nitrogen and oxygen atoms in total. The van der Waals surface area contributed by atoms with E-state index in [4.69, 9.17) is 14.2 Å². The van der Waals surface area contributed by atoms with E-state index in [2.05, 4.69) is 5.32 Å². The van der Waals surface area contributed by atoms with Crippen LogP contribution in [0.1, 0.15) is 37.0 Å². The lowest BCUT2D eigenvalue weighted by atomic mass is 10.1. The fourth-order valence-corrected chi connectivity index (χ4v) is 1.96. The number of nitro groups is 1. The highest BCUT2D eigenvalue weighted by Gasteiger charge is 2.26. The Morgan fingerprint density at radius 3 is 2.52 bits per heavy atom. The summed E-state index contributed by atoms with van der Waals surface area (Å²) in [6, 6.07) is 2.26. The number of methoxy groups -OCH3 is 1. The molecule has 1 aromatic carbocycles. The number of amides is 1. The van der Waals surface area contributed by atoms with E-state index in [-0.39, 0.29) is 23.7 Å². The van der Waals surface area contributed by atoms with Gasteiger partial charge in [-0.25, -0.2) is 4.79 Å². The van der Waals surface area contributed by atoms with Crippen molar-refractivity contribution in [1.29, 1.82) is 0 Å². The van der Waals surface area contributed by atoms with Crippen LogP contribution in [0, 0.1) is 10.1 Å². The highest BCUT2D eigenvalue weighted by molar-refractivity contribution is 5.96. The van der Waals surface area contributed by atoms with E-state index >= 15 is 0 Å². The predicted octanol–water partition coefficient (Wildman–Crippen LogP) is 2.08. The first kappa shape index (κ1) is 20.2. The molecule has 0 heterocycles. The normalized spacial score (nSPS) is 10.0. The van der Waals surface area contributed by atoms with Crippen molar-refractivity contribution in [1.82, 2.24) is 5.32 Å². The number of nitrogens with zero attached hydrogens (tertiary/aromatic N) is 1. The minimum absolute atomic E-state index is 0.127. The second kappa shape index (κ2) is 10.1. The molecule has 1 aromatic rings. The molecule has 0 atom stereocenters. The quantitative estimate of drug-likeness (QED) is 0.296. The Bertz CT molecular complexity index is 631. The third-order valence-electron chi connectivity index (χ3n) is 3.19. The number of ether oxygens (including phenoxy) is 3. The molecule has 9 heteroatoms. The second-order valence-electron chi connectivity index (χ2n) is 4.99. The minimum Gasteiger partial charge on any atom is -0.493 e. The standard InChI is InChI=1S/C16H22N2O7/c1-4-6-7-17-15(19)10-25-16(20)11-8-14(24-5-2)13(23-3)9-12(11)18(21)22/h8-9H,4-7,10H2,1-3H3,(H,17,19). The van der Waals surface area contributed by atoms with Crippen molar-refractivity contribution in [3.63, 3.8) is 0 Å². The molecule has 0 bridgehead atoms. The van der Waals surface area contributed by atoms with Gasteiger partial charge >= 0.3 is 5.97 Å². The molecule has 0 radical (unpaired) electrons. The first-order chi connectivity index (χ1) is 11.9. The number of unbranched alkanes of at least 4 members (excludes halogenated alkanes) is 1. The zero-order valence-electron chi connectivity index (χ0n) is 14.5. The fourth-order valence-electron chi connectivity index (χ4n) is 1.96. The van der Waals surface area contributed by atoms with E-state index in [0.717, 1.165) is 18.9 Å². The van der Waals surface area contributed by atoms with Crippen LogP contribution in [0.25, 0.3) is 0 Å². The zero-order chi connectivity index (χ0) is 18.8. The highest BCUT2D eigenvalue weighted by Crippen LogP contribution is 2.35. The zero-order valence-corrected chi connectivity index (χ0v) is 14.5. The Morgan fingerprint density at radius 1 is 1.24 bits per heavy atom. The van der Waals surface area contributed by atoms with Gasteiger partial charge in [0.05, 0.1) is 24.7 Å². The van der Waals surface area contributed by atoms with E-state index in [0.29, 0.717) is 6.54 Å². The third-order valence-corrected chi connectivity index (χ3v) is 3.19. The van der Waals surface area contributed by atoms with E-state index in [1.807, 2.05) is 6.92 Å². The van der Waals surface area contributed by atoms with Crippen LogP contribution in [-0.2, 0) is 9.53 Å². The maximum absolute atomic E-state index is 12.2. The van der Waals surface area contributed by atoms with E-state index < -0.39 is 29.1 Å². The van der Waals surface area contributed by atoms with Crippen LogP contribution in [-0.4, -0.2) is 43.7 Å². The van der Waals surface area contributed by atoms with Gasteiger partial charge in [0, 0.05) is 12.6 Å². The summed E-state index contributed by atoms with van der Waals surface area (Å²) in [6.07, 6.45) is 1.72. The summed E-state index contributed by atoms with van der Waals surface area (Å²) in [7, 11) is 1.33. The van der Waals surface area contributed by atoms with Crippen molar-refractivity contribution < 1.29 is 28.7 Å². The number of nitrogens with one attached hydrogen (secondary N) is 1. The SMILES string of the molecule is CCCCNC(=O)COC(=O)c1cc(OCC)c(OC)cc1[N+](=O)[O-]. The van der Waals surface area contributed by atoms with Gasteiger partial charge in [0.2, 0.25) is 0 Å². The van der Waals surface area contributed by atoms with Gasteiger partial charge in [0.1, 0.15) is 5.56 Å². The lowest BCUT2D eigenvalue weighted by Crippen LogP contribution is -2.29. The Hall–Kier alpha value is -2.84. The number of nitro benzene ring substituents is 1. The first-order valence-corrected chi connectivity index (χ1v) is 7.87. The van der Waals surface area contributed by atoms with Crippen molar-refractivity contribution in [3.8, 4) is 11.5 Å². The molecule has 0 aliphatic carbocycles. The van der Waals surface area contributed by atoms with Gasteiger partial charge in [-0.1, -0.05) is 13.3 Å². The van der Waals surface area contributed by atoms with Gasteiger partial charge in [0.15, 0.2) is 18.1 Å². The van der Waals surface area contributed by atoms with E-state index in [1.165, 1.54) is 13.2 Å². The van der Waals surface area contributed by atoms with Crippen LogP contribution in [0.5, 0.6) is 11.5 Å². The summed E-state index contributed by atoms with van der Waals surface area (Å²) in [5, 5.41) is 13.8. The van der Waals surface area contributed by atoms with Crippen molar-refractivity contribution >= 4 is 17.6 Å². The summed E-state index contributed by atoms with van der Waals surface area (Å²) in [5.74, 6) is -1.15. The Balaban J connectivity index is 2.93. The molecule has 0 aromatic heterocycles. The second-order valence-corrected chi connectivity index (χ2v) is 4.99. The molecule has 0 fully saturated rings. The Morgan fingerprint density at radius 2 is 1.96 bits per heavy atom. The average molecular weight is 354 g/mol. The van der Waals surface area contributed by atoms with E-state index in [1.54, 1.807) is 6.92 Å². The number of hydrogen-bond acceptors (Lipinski definition) is 7. The smallest absolute Gasteiger partial charge is 0.345 e. The third kappa shape index (κ3) is 5.94. The van der Waals surface area contributed by atoms with E-state index in [9.17, 15) is 19.7 Å². The predicted molar refractivity (Wildman–Crippen MR) is 89.0 cm³/mol. The van der Waals surface area contributed by atoms with Crippen LogP contribution < -0.4 is 14.8 Å². The summed E-state index contributed by atoms with van der Waals surface area (Å²) < 4.78 is 15.2. The first-order valence-electron chi connectivity index (χ1n) is 7.87. The van der Waals surface area contributed by atoms with Crippen LogP contribution in [0.15, 0.2) is 12.1 Å². The maximum Gasteiger partial charge on any atom is 0.345 e. The molecule has 0 aliphatic heterocycles. The molecule has 25 heavy (non-hydrogen) atoms. The van der Waals surface area contributed by atoms with Crippen LogP contribution >= 0.6 is 0 Å². The Kier molecular flexibility index (Phi) is 8.17. The number of rotatable bonds is 10. The summed E-state index contributed by atoms with van der Waals surface area (Å²) >= 11 is 0. The number of carbonyl (C=O) groups excluding carboxylic acids is 2. The van der Waals surface area contributed by atoms with Crippen LogP contribution in [0.3, 0.4) is 0 Å². The molecular formula is C16H22N2O7. The molecule has 138 valence electrons. The molecule has 0 saturated heterocycles. The molecule has 1 amide bonds. The minimum atomic E-state index is -0.985. The molecule has 0 unspecified atom stereocenters. The number of carbonyl (C=O) groups is 2. The molecule has 0 aliphatic rings. The molecule has 1 N–H and O–H groups in total. The summed E-state index contributed by atoms with van der Waals surface area (Å²) in [4.78, 5) is 34.2. The van der Waals surface area contributed by atoms with Crippen LogP contribution in [0.4, 0.5) is 5.69 Å². The number of hydrogen-bond donors (Lipinski definition) is 1. The molecule has 0 saturated carbocycles. The largest absolute Gasteiger partial charge is 0.493 e. The van der Waals surface area contributed by atoms with Crippen LogP contribution in [0.2, 0.25) is 0 Å². The Labute approximate surface area is 145 Å². The number of esters is 1. The summed E-state index contributed by atoms with van der Waals surface area (Å²) in [5.41, 5.74) is -0.799. The topological polar surface area (TPSA) is 117 Å². The summed E-state index contributed by atoms with van der Waals surface area (Å²) in [6.45, 7) is 3.94. The molecule has 0 spiro atoms. The van der Waals surface area contributed by atoms with Crippen molar-refractivity contribution in [3.05, 3.63) is 27.8 Å². The van der Waals surface area contributed by atoms with Crippen molar-refractivity contribution in [2.75, 3.05) is 26.9 Å². The lowest BCUT2D eigenvalue weighted by molar-refractivity contribution is -0.385. The molecular weight excluding hydrogens is 332 g/mol. The van der Waals surface area contributed by atoms with Gasteiger partial charge < -0.3 is 19.5 Å². The molecule has 1 rings (SSSR count). The highest BCUT2D eigenvalue weighted by atomic mass is 16.6. The maximum atomic E-state index is 12.2. The van der Waals surface area contributed by atoms with Gasteiger partial charge in [-0.2, -0.15) is 0 Å². The average Bonchev–Trinajstić information content (AvgIpc) is 2.59.